The van der Waals surface area contributed by atoms with Crippen LogP contribution >= 0.6 is 10.0 Å². The predicted molar refractivity (Wildman–Crippen MR) is 348 cm³/mol. The maximum Gasteiger partial charge on any atom is 0.252 e. The predicted octanol–water partition coefficient (Wildman–Crippen LogP) is 3.13. The molecule has 8 aromatic carbocycles. The molecule has 354 valence electrons. The van der Waals surface area contributed by atoms with Gasteiger partial charge in [0.1, 0.15) is 78.5 Å². The summed E-state index contributed by atoms with van der Waals surface area (Å²) in [5, 5.41) is 0. The van der Waals surface area contributed by atoms with E-state index in [1.165, 1.54) is 49.2 Å². The van der Waals surface area contributed by atoms with Gasteiger partial charge in [-0.3, -0.25) is 0 Å². The van der Waals surface area contributed by atoms with Crippen molar-refractivity contribution in [1.82, 2.24) is 0 Å². The Morgan fingerprint density at radius 3 is 1.45 bits per heavy atom. The molecule has 2 heterocycles. The highest BCUT2D eigenvalue weighted by Gasteiger charge is 2.46. The fourth-order valence-electron chi connectivity index (χ4n) is 11.9. The van der Waals surface area contributed by atoms with Crippen LogP contribution in [0.25, 0.3) is 11.1 Å². The van der Waals surface area contributed by atoms with Crippen molar-refractivity contribution in [1.29, 1.82) is 0 Å². The van der Waals surface area contributed by atoms with E-state index >= 15 is 0 Å². The molecule has 0 bridgehead atoms. The zero-order chi connectivity index (χ0) is 55.5. The first-order valence-electron chi connectivity index (χ1n) is 26.0. The molecule has 11 rings (SSSR count). The smallest absolute Gasteiger partial charge is 0.252 e. The summed E-state index contributed by atoms with van der Waals surface area (Å²) in [6.45, 7) is 18.0. The number of anilines is 9. The lowest BCUT2D eigenvalue weighted by atomic mass is 9.33. The van der Waals surface area contributed by atoms with Gasteiger partial charge in [0.05, 0.1) is 0 Å². The summed E-state index contributed by atoms with van der Waals surface area (Å²) in [6.07, 6.45) is 7.08. The molecule has 0 aromatic heterocycles. The van der Waals surface area contributed by atoms with Crippen molar-refractivity contribution in [2.75, 3.05) is 33.5 Å². The van der Waals surface area contributed by atoms with Crippen LogP contribution in [0.1, 0.15) is 77.6 Å². The maximum atomic E-state index is 7.02. The van der Waals surface area contributed by atoms with Crippen molar-refractivity contribution in [3.05, 3.63) is 138 Å². The molecule has 0 spiro atoms. The van der Waals surface area contributed by atoms with Crippen molar-refractivity contribution in [2.45, 2.75) is 76.5 Å². The molecule has 0 N–H and O–H groups in total. The number of hydrogen-bond donors (Lipinski definition) is 0. The third-order valence-electron chi connectivity index (χ3n) is 16.5. The lowest BCUT2D eigenvalue weighted by molar-refractivity contribution is 0.590. The minimum atomic E-state index is -1.37. The second kappa shape index (κ2) is 18.1. The Kier molecular flexibility index (Phi) is 12.5. The van der Waals surface area contributed by atoms with Gasteiger partial charge in [0, 0.05) is 56.6 Å². The molecular formula is C62H52B11N3S. The Bertz CT molecular complexity index is 3710. The molecule has 0 amide bonds. The van der Waals surface area contributed by atoms with Crippen LogP contribution in [0.4, 0.5) is 51.2 Å². The number of rotatable bonds is 6. The van der Waals surface area contributed by atoms with Gasteiger partial charge < -0.3 is 14.7 Å². The molecule has 1 aliphatic carbocycles. The summed E-state index contributed by atoms with van der Waals surface area (Å²) < 4.78 is 0. The van der Waals surface area contributed by atoms with Crippen molar-refractivity contribution in [3.63, 3.8) is 0 Å². The molecule has 0 unspecified atom stereocenters. The van der Waals surface area contributed by atoms with Gasteiger partial charge in [0.15, 0.2) is 0 Å². The largest absolute Gasteiger partial charge is 0.313 e. The molecule has 0 atom stereocenters. The van der Waals surface area contributed by atoms with Gasteiger partial charge in [-0.15, -0.1) is 32.8 Å². The third kappa shape index (κ3) is 8.15. The lowest BCUT2D eigenvalue weighted by Crippen LogP contribution is -2.61. The Morgan fingerprint density at radius 2 is 0.922 bits per heavy atom. The molecule has 2 aliphatic heterocycles. The molecule has 15 heteroatoms. The summed E-state index contributed by atoms with van der Waals surface area (Å²) >= 11 is 0. The zero-order valence-corrected chi connectivity index (χ0v) is 46.9. The minimum absolute atomic E-state index is 0.0286. The molecule has 0 saturated heterocycles. The molecule has 20 radical (unpaired) electrons. The first-order chi connectivity index (χ1) is 36.0. The standard InChI is InChI=1S/C62H52B11N3S/c1-60(2,3)31-16-19-33(20-17-31)74-43-25-18-32(61(4,5)6)26-42(43)73-41-24-22-35(76(58-53(69)49(65)47(63)50(66)54(58)70)59-55(71)51(67)48(64)52(68)56(59)72)28-44(41)75(46-30-36(77(9,10)11)29-45(74)57(46)73)34-21-23-38-37-14-12-13-15-39(37)62(7,8)40(38)27-34/h12-30H,1-11H3. The number of fused-ring (bicyclic) bond motifs is 7. The molecule has 3 aliphatic rings. The zero-order valence-electron chi connectivity index (χ0n) is 46.1. The molecule has 0 saturated carbocycles. The maximum absolute atomic E-state index is 7.02. The van der Waals surface area contributed by atoms with Gasteiger partial charge in [-0.1, -0.05) is 138 Å². The highest BCUT2D eigenvalue weighted by molar-refractivity contribution is 8.32. The van der Waals surface area contributed by atoms with E-state index in [1.807, 2.05) is 6.07 Å². The first-order valence-corrected chi connectivity index (χ1v) is 28.8. The van der Waals surface area contributed by atoms with E-state index in [4.69, 9.17) is 78.5 Å². The van der Waals surface area contributed by atoms with Crippen LogP contribution in [-0.4, -0.2) is 104 Å². The van der Waals surface area contributed by atoms with Gasteiger partial charge in [-0.05, 0) is 139 Å². The van der Waals surface area contributed by atoms with Gasteiger partial charge in [0.2, 0.25) is 0 Å². The van der Waals surface area contributed by atoms with Gasteiger partial charge >= 0.3 is 0 Å². The summed E-state index contributed by atoms with van der Waals surface area (Å²) in [7, 11) is 66.4. The highest BCUT2D eigenvalue weighted by Crippen LogP contribution is 2.55. The number of hydrogen-bond acceptors (Lipinski definition) is 3. The molecular weight excluding hydrogens is 938 g/mol. The van der Waals surface area contributed by atoms with Crippen molar-refractivity contribution in [3.8, 4) is 11.1 Å². The van der Waals surface area contributed by atoms with E-state index in [2.05, 4.69) is 193 Å². The quantitative estimate of drug-likeness (QED) is 0.238. The molecule has 0 fully saturated rings. The van der Waals surface area contributed by atoms with Gasteiger partial charge in [-0.2, -0.15) is 0 Å². The summed E-state index contributed by atoms with van der Waals surface area (Å²) in [5.74, 6) is 0. The van der Waals surface area contributed by atoms with Crippen molar-refractivity contribution in [2.24, 2.45) is 0 Å². The van der Waals surface area contributed by atoms with Crippen LogP contribution in [0.2, 0.25) is 0 Å². The van der Waals surface area contributed by atoms with Gasteiger partial charge in [-0.25, -0.2) is 10.0 Å². The van der Waals surface area contributed by atoms with Gasteiger partial charge in [0.25, 0.3) is 6.71 Å². The van der Waals surface area contributed by atoms with Crippen LogP contribution in [0.5, 0.6) is 0 Å². The number of nitrogens with zero attached hydrogens (tertiary/aromatic N) is 3. The van der Waals surface area contributed by atoms with E-state index < -0.39 is 10.0 Å². The lowest BCUT2D eigenvalue weighted by Gasteiger charge is -2.46. The molecule has 77 heavy (non-hydrogen) atoms. The fourth-order valence-corrected chi connectivity index (χ4v) is 12.9. The van der Waals surface area contributed by atoms with Crippen LogP contribution < -0.4 is 85.7 Å². The highest BCUT2D eigenvalue weighted by atomic mass is 32.3. The van der Waals surface area contributed by atoms with E-state index in [0.717, 1.165) is 39.6 Å². The van der Waals surface area contributed by atoms with Crippen LogP contribution in [0.15, 0.2) is 120 Å². The minimum Gasteiger partial charge on any atom is -0.313 e. The Balaban J connectivity index is 1.29. The van der Waals surface area contributed by atoms with Crippen molar-refractivity contribution >= 4 is 217 Å². The second-order valence-corrected chi connectivity index (χ2v) is 28.6. The summed E-state index contributed by atoms with van der Waals surface area (Å²) in [4.78, 5) is 7.90. The topological polar surface area (TPSA) is 9.72 Å². The average Bonchev–Trinajstić information content (AvgIpc) is 3.62. The van der Waals surface area contributed by atoms with E-state index in [0.29, 0.717) is 5.69 Å². The monoisotopic (exact) mass is 991 g/mol. The average molecular weight is 990 g/mol. The van der Waals surface area contributed by atoms with E-state index in [-0.39, 0.29) is 89.0 Å². The molecule has 3 nitrogen and oxygen atoms in total. The summed E-state index contributed by atoms with van der Waals surface area (Å²) in [6, 6.07) is 43.0. The Morgan fingerprint density at radius 1 is 0.442 bits per heavy atom. The van der Waals surface area contributed by atoms with Crippen LogP contribution in [0, 0.1) is 0 Å². The molecule has 8 aromatic rings. The van der Waals surface area contributed by atoms with Crippen LogP contribution in [0.3, 0.4) is 0 Å². The van der Waals surface area contributed by atoms with Crippen LogP contribution in [-0.2, 0) is 16.2 Å². The third-order valence-corrected chi connectivity index (χ3v) is 18.1. The second-order valence-electron chi connectivity index (χ2n) is 24.4. The van der Waals surface area contributed by atoms with E-state index in [9.17, 15) is 0 Å². The van der Waals surface area contributed by atoms with Crippen molar-refractivity contribution < 1.29 is 0 Å². The normalized spacial score (nSPS) is 14.4. The summed E-state index contributed by atoms with van der Waals surface area (Å²) in [5.41, 5.74) is 18.0. The number of benzene rings is 8. The Hall–Kier alpha value is -5.78. The van der Waals surface area contributed by atoms with E-state index in [1.54, 1.807) is 4.90 Å². The SMILES string of the molecule is [B]c1c([B])c([B])c(N(c2ccc3c(c2)N(c2ccc4c(c2)C(C)(C)c2ccccc2-4)c2cc(S(C)(C)C)cc4c2B3c2cc(C(C)(C)C)ccc2N4c2ccc(C(C)(C)C)cc2)c2c([B])c([B])c([B])c([B])c2[B])c([B])c1[B]. The fraction of sp³-hybridized carbons (Fsp3) is 0.226. The first kappa shape index (κ1) is 53.2. The Labute approximate surface area is 473 Å².